The molecule has 0 aromatic rings. The maximum atomic E-state index is 11.0. The molecule has 74 valence electrons. The van der Waals surface area contributed by atoms with Crippen LogP contribution in [0.5, 0.6) is 0 Å². The van der Waals surface area contributed by atoms with Gasteiger partial charge >= 0.3 is 5.97 Å². The molecule has 1 amide bonds. The second kappa shape index (κ2) is 5.35. The molecule has 1 N–H and O–H groups in total. The van der Waals surface area contributed by atoms with Gasteiger partial charge in [0.15, 0.2) is 0 Å². The van der Waals surface area contributed by atoms with Crippen molar-refractivity contribution in [2.45, 2.75) is 26.3 Å². The Morgan fingerprint density at radius 2 is 2.15 bits per heavy atom. The van der Waals surface area contributed by atoms with Crippen LogP contribution in [0.15, 0.2) is 12.7 Å². The maximum absolute atomic E-state index is 11.0. The molecule has 0 aliphatic rings. The Morgan fingerprint density at radius 3 is 2.46 bits per heavy atom. The number of carboxylic acids is 1. The molecule has 4 heteroatoms. The summed E-state index contributed by atoms with van der Waals surface area (Å²) in [5.41, 5.74) is 0. The molecule has 0 heterocycles. The van der Waals surface area contributed by atoms with Gasteiger partial charge in [-0.25, -0.2) is 0 Å². The standard InChI is InChI=1S/C9H15NO3/c1-4-5-10(8(3)11)7(2)6-9(12)13/h4,7H,1,5-6H2,2-3H3,(H,12,13). The summed E-state index contributed by atoms with van der Waals surface area (Å²) in [5.74, 6) is -1.03. The van der Waals surface area contributed by atoms with Gasteiger partial charge in [-0.3, -0.25) is 9.59 Å². The second-order valence-corrected chi connectivity index (χ2v) is 2.91. The van der Waals surface area contributed by atoms with E-state index in [0.717, 1.165) is 0 Å². The highest BCUT2D eigenvalue weighted by molar-refractivity contribution is 5.75. The van der Waals surface area contributed by atoms with E-state index in [1.807, 2.05) is 0 Å². The van der Waals surface area contributed by atoms with Crippen LogP contribution in [-0.2, 0) is 9.59 Å². The monoisotopic (exact) mass is 185 g/mol. The SMILES string of the molecule is C=CCN(C(C)=O)C(C)CC(=O)O. The molecule has 0 spiro atoms. The first-order valence-corrected chi connectivity index (χ1v) is 4.09. The summed E-state index contributed by atoms with van der Waals surface area (Å²) in [6.07, 6.45) is 1.55. The van der Waals surface area contributed by atoms with Crippen LogP contribution in [0.4, 0.5) is 0 Å². The minimum atomic E-state index is -0.900. The third-order valence-electron chi connectivity index (χ3n) is 1.73. The fraction of sp³-hybridized carbons (Fsp3) is 0.556. The average molecular weight is 185 g/mol. The fourth-order valence-electron chi connectivity index (χ4n) is 1.12. The third kappa shape index (κ3) is 4.30. The quantitative estimate of drug-likeness (QED) is 0.647. The van der Waals surface area contributed by atoms with E-state index in [2.05, 4.69) is 6.58 Å². The minimum Gasteiger partial charge on any atom is -0.481 e. The van der Waals surface area contributed by atoms with Gasteiger partial charge in [-0.2, -0.15) is 0 Å². The zero-order valence-electron chi connectivity index (χ0n) is 7.99. The first kappa shape index (κ1) is 11.7. The molecule has 0 radical (unpaired) electrons. The van der Waals surface area contributed by atoms with Gasteiger partial charge in [-0.1, -0.05) is 6.08 Å². The van der Waals surface area contributed by atoms with Crippen molar-refractivity contribution in [1.82, 2.24) is 4.90 Å². The molecule has 1 atom stereocenters. The number of hydrogen-bond donors (Lipinski definition) is 1. The topological polar surface area (TPSA) is 57.6 Å². The van der Waals surface area contributed by atoms with E-state index in [1.165, 1.54) is 11.8 Å². The highest BCUT2D eigenvalue weighted by atomic mass is 16.4. The summed E-state index contributed by atoms with van der Waals surface area (Å²) in [6.45, 7) is 7.02. The Hall–Kier alpha value is -1.32. The number of hydrogen-bond acceptors (Lipinski definition) is 2. The lowest BCUT2D eigenvalue weighted by Crippen LogP contribution is -2.38. The highest BCUT2D eigenvalue weighted by Gasteiger charge is 2.17. The van der Waals surface area contributed by atoms with Gasteiger partial charge in [0.25, 0.3) is 0 Å². The Labute approximate surface area is 77.8 Å². The molecule has 0 saturated heterocycles. The number of amides is 1. The van der Waals surface area contributed by atoms with E-state index >= 15 is 0 Å². The van der Waals surface area contributed by atoms with Crippen molar-refractivity contribution >= 4 is 11.9 Å². The molecule has 0 saturated carbocycles. The van der Waals surface area contributed by atoms with Crippen LogP contribution < -0.4 is 0 Å². The Morgan fingerprint density at radius 1 is 1.62 bits per heavy atom. The van der Waals surface area contributed by atoms with E-state index in [1.54, 1.807) is 13.0 Å². The molecule has 0 aromatic heterocycles. The normalized spacial score (nSPS) is 11.8. The third-order valence-corrected chi connectivity index (χ3v) is 1.73. The molecule has 0 fully saturated rings. The van der Waals surface area contributed by atoms with E-state index in [4.69, 9.17) is 5.11 Å². The van der Waals surface area contributed by atoms with Crippen molar-refractivity contribution in [1.29, 1.82) is 0 Å². The lowest BCUT2D eigenvalue weighted by atomic mass is 10.2. The van der Waals surface area contributed by atoms with E-state index in [0.29, 0.717) is 6.54 Å². The molecule has 0 aliphatic carbocycles. The number of rotatable bonds is 5. The second-order valence-electron chi connectivity index (χ2n) is 2.91. The van der Waals surface area contributed by atoms with Crippen LogP contribution >= 0.6 is 0 Å². The van der Waals surface area contributed by atoms with Crippen molar-refractivity contribution in [3.63, 3.8) is 0 Å². The molecule has 0 aromatic carbocycles. The van der Waals surface area contributed by atoms with Crippen LogP contribution in [0.25, 0.3) is 0 Å². The minimum absolute atomic E-state index is 0.0343. The number of carbonyl (C=O) groups is 2. The lowest BCUT2D eigenvalue weighted by molar-refractivity contribution is -0.139. The highest BCUT2D eigenvalue weighted by Crippen LogP contribution is 2.04. The Balaban J connectivity index is 4.26. The largest absolute Gasteiger partial charge is 0.481 e. The van der Waals surface area contributed by atoms with Gasteiger partial charge in [0.2, 0.25) is 5.91 Å². The van der Waals surface area contributed by atoms with E-state index in [-0.39, 0.29) is 18.4 Å². The van der Waals surface area contributed by atoms with Gasteiger partial charge in [-0.05, 0) is 6.92 Å². The zero-order valence-corrected chi connectivity index (χ0v) is 7.99. The molecule has 0 aliphatic heterocycles. The zero-order chi connectivity index (χ0) is 10.4. The Kier molecular flexibility index (Phi) is 4.80. The van der Waals surface area contributed by atoms with Crippen LogP contribution in [0.1, 0.15) is 20.3 Å². The van der Waals surface area contributed by atoms with Crippen LogP contribution in [0.3, 0.4) is 0 Å². The summed E-state index contributed by atoms with van der Waals surface area (Å²) in [7, 11) is 0. The summed E-state index contributed by atoms with van der Waals surface area (Å²) in [6, 6.07) is -0.284. The smallest absolute Gasteiger partial charge is 0.305 e. The first-order valence-electron chi connectivity index (χ1n) is 4.09. The summed E-state index contributed by atoms with van der Waals surface area (Å²) in [4.78, 5) is 22.9. The average Bonchev–Trinajstić information content (AvgIpc) is 1.97. The molecular weight excluding hydrogens is 170 g/mol. The first-order chi connectivity index (χ1) is 5.99. The fourth-order valence-corrected chi connectivity index (χ4v) is 1.12. The van der Waals surface area contributed by atoms with Crippen molar-refractivity contribution in [2.75, 3.05) is 6.54 Å². The lowest BCUT2D eigenvalue weighted by Gasteiger charge is -2.25. The van der Waals surface area contributed by atoms with Crippen molar-refractivity contribution in [2.24, 2.45) is 0 Å². The van der Waals surface area contributed by atoms with Crippen molar-refractivity contribution in [3.05, 3.63) is 12.7 Å². The van der Waals surface area contributed by atoms with Crippen LogP contribution in [-0.4, -0.2) is 34.5 Å². The van der Waals surface area contributed by atoms with Crippen molar-refractivity contribution in [3.8, 4) is 0 Å². The van der Waals surface area contributed by atoms with Gasteiger partial charge < -0.3 is 10.0 Å². The molecule has 1 unspecified atom stereocenters. The van der Waals surface area contributed by atoms with Gasteiger partial charge in [0.05, 0.1) is 6.42 Å². The number of aliphatic carboxylic acids is 1. The molecule has 0 bridgehead atoms. The number of carbonyl (C=O) groups excluding carboxylic acids is 1. The molecule has 0 rings (SSSR count). The van der Waals surface area contributed by atoms with Crippen LogP contribution in [0, 0.1) is 0 Å². The summed E-state index contributed by atoms with van der Waals surface area (Å²) >= 11 is 0. The van der Waals surface area contributed by atoms with Gasteiger partial charge in [-0.15, -0.1) is 6.58 Å². The van der Waals surface area contributed by atoms with E-state index < -0.39 is 5.97 Å². The predicted octanol–water partition coefficient (Wildman–Crippen LogP) is 0.884. The predicted molar refractivity (Wildman–Crippen MR) is 49.3 cm³/mol. The molecule has 13 heavy (non-hydrogen) atoms. The Bertz CT molecular complexity index is 213. The maximum Gasteiger partial charge on any atom is 0.305 e. The van der Waals surface area contributed by atoms with Crippen LogP contribution in [0.2, 0.25) is 0 Å². The summed E-state index contributed by atoms with van der Waals surface area (Å²) < 4.78 is 0. The van der Waals surface area contributed by atoms with Crippen molar-refractivity contribution < 1.29 is 14.7 Å². The molecular formula is C9H15NO3. The molecule has 4 nitrogen and oxygen atoms in total. The summed E-state index contributed by atoms with van der Waals surface area (Å²) in [5, 5.41) is 8.52. The number of carboxylic acid groups (broad SMARTS) is 1. The van der Waals surface area contributed by atoms with Gasteiger partial charge in [0.1, 0.15) is 0 Å². The van der Waals surface area contributed by atoms with Gasteiger partial charge in [0, 0.05) is 19.5 Å². The van der Waals surface area contributed by atoms with E-state index in [9.17, 15) is 9.59 Å². The number of nitrogens with zero attached hydrogens (tertiary/aromatic N) is 1.